The number of hydrogen-bond acceptors (Lipinski definition) is 12. The number of carbonyl (C=O) groups is 4. The molecule has 0 saturated carbocycles. The Morgan fingerprint density at radius 1 is 0.597 bits per heavy atom. The molecule has 0 radical (unpaired) electrons. The fourth-order valence-corrected chi connectivity index (χ4v) is 6.14. The molecule has 378 valence electrons. The molecule has 6 aromatic rings. The zero-order chi connectivity index (χ0) is 52.5. The molecule has 6 aromatic carbocycles. The van der Waals surface area contributed by atoms with E-state index >= 15 is 0 Å². The van der Waals surface area contributed by atoms with Crippen LogP contribution in [0.3, 0.4) is 0 Å². The maximum absolute atomic E-state index is 12.5. The lowest BCUT2D eigenvalue weighted by molar-refractivity contribution is -0.140. The monoisotopic (exact) mass is 1000 g/mol. The van der Waals surface area contributed by atoms with E-state index in [-0.39, 0.29) is 37.6 Å². The number of esters is 2. The van der Waals surface area contributed by atoms with Crippen LogP contribution in [-0.4, -0.2) is 55.4 Å². The molecule has 0 fully saturated rings. The fourth-order valence-electron chi connectivity index (χ4n) is 6.14. The van der Waals surface area contributed by atoms with Gasteiger partial charge in [0, 0.05) is 29.4 Å². The number of carbonyl (C=O) groups excluding carboxylic acids is 4. The number of anilines is 2. The average Bonchev–Trinajstić information content (AvgIpc) is 3.35. The minimum absolute atomic E-state index is 0.00998. The molecule has 0 aliphatic heterocycles. The number of phenolic OH excluding ortho intramolecular Hbond substituents is 1. The van der Waals surface area contributed by atoms with Gasteiger partial charge in [-0.1, -0.05) is 48.6 Å². The van der Waals surface area contributed by atoms with Crippen molar-refractivity contribution in [2.75, 3.05) is 24.7 Å². The van der Waals surface area contributed by atoms with Gasteiger partial charge in [0.15, 0.2) is 0 Å². The number of nitrogen functional groups attached to an aromatic ring is 2. The lowest BCUT2D eigenvalue weighted by atomic mass is 9.95. The second-order valence-electron chi connectivity index (χ2n) is 15.2. The Balaban J connectivity index is 0.000000364. The number of nitrogens with two attached hydrogens (primary N) is 2. The summed E-state index contributed by atoms with van der Waals surface area (Å²) in [5, 5.41) is 8.90. The molecule has 12 nitrogen and oxygen atoms in total. The van der Waals surface area contributed by atoms with Crippen LogP contribution in [0.15, 0.2) is 146 Å². The molecule has 0 aliphatic carbocycles. The van der Waals surface area contributed by atoms with Gasteiger partial charge in [-0.2, -0.15) is 26.3 Å². The minimum Gasteiger partial charge on any atom is -0.508 e. The number of hydrogen-bond donors (Lipinski definition) is 3. The van der Waals surface area contributed by atoms with Crippen molar-refractivity contribution in [1.82, 2.24) is 0 Å². The van der Waals surface area contributed by atoms with Gasteiger partial charge in [-0.3, -0.25) is 9.59 Å². The van der Waals surface area contributed by atoms with Crippen molar-refractivity contribution in [2.45, 2.75) is 51.8 Å². The summed E-state index contributed by atoms with van der Waals surface area (Å²) in [6.45, 7) is 1.73. The number of ether oxygens (including phenoxy) is 5. The first-order chi connectivity index (χ1) is 34.3. The first-order valence-electron chi connectivity index (χ1n) is 21.8. The fraction of sp³-hybridized carbons (Fsp3) is 0.185. The van der Waals surface area contributed by atoms with Crippen LogP contribution in [0.25, 0.3) is 23.3 Å². The number of phenols is 1. The van der Waals surface area contributed by atoms with Gasteiger partial charge in [-0.05, 0) is 150 Å². The number of allylic oxidation sites excluding steroid dienone is 1. The smallest absolute Gasteiger partial charge is 0.392 e. The van der Waals surface area contributed by atoms with Crippen molar-refractivity contribution in [3.8, 4) is 34.1 Å². The van der Waals surface area contributed by atoms with Gasteiger partial charge < -0.3 is 40.3 Å². The van der Waals surface area contributed by atoms with E-state index in [1.807, 2.05) is 31.2 Å². The summed E-state index contributed by atoms with van der Waals surface area (Å²) in [7, 11) is 0. The minimum atomic E-state index is -4.23. The molecule has 0 bridgehead atoms. The van der Waals surface area contributed by atoms with E-state index in [1.165, 1.54) is 60.7 Å². The van der Waals surface area contributed by atoms with Crippen LogP contribution in [0.2, 0.25) is 0 Å². The van der Waals surface area contributed by atoms with Crippen molar-refractivity contribution >= 4 is 48.2 Å². The Labute approximate surface area is 411 Å². The van der Waals surface area contributed by atoms with E-state index in [1.54, 1.807) is 72.8 Å². The van der Waals surface area contributed by atoms with Crippen molar-refractivity contribution in [2.24, 2.45) is 0 Å². The molecule has 0 unspecified atom stereocenters. The van der Waals surface area contributed by atoms with E-state index in [0.717, 1.165) is 16.7 Å². The third-order valence-electron chi connectivity index (χ3n) is 9.61. The number of benzene rings is 6. The average molecular weight is 1000 g/mol. The summed E-state index contributed by atoms with van der Waals surface area (Å²) in [6.07, 6.45) is -3.13. The van der Waals surface area contributed by atoms with Crippen molar-refractivity contribution in [1.29, 1.82) is 0 Å². The molecule has 72 heavy (non-hydrogen) atoms. The second-order valence-corrected chi connectivity index (χ2v) is 15.2. The summed E-state index contributed by atoms with van der Waals surface area (Å²) in [5.74, 6) is -0.00816. The summed E-state index contributed by atoms with van der Waals surface area (Å²) in [5.41, 5.74) is 18.1. The summed E-state index contributed by atoms with van der Waals surface area (Å²) in [6, 6.07) is 35.6. The highest BCUT2D eigenvalue weighted by Gasteiger charge is 2.27. The third kappa shape index (κ3) is 21.0. The molecule has 5 N–H and O–H groups in total. The Bertz CT molecular complexity index is 2720. The van der Waals surface area contributed by atoms with Gasteiger partial charge in [0.05, 0.1) is 25.2 Å². The van der Waals surface area contributed by atoms with Crippen molar-refractivity contribution in [3.05, 3.63) is 179 Å². The molecule has 0 aliphatic rings. The summed E-state index contributed by atoms with van der Waals surface area (Å²) < 4.78 is 97.9. The predicted octanol–water partition coefficient (Wildman–Crippen LogP) is 12.1. The summed E-state index contributed by atoms with van der Waals surface area (Å²) >= 11 is 0. The standard InChI is InChI=1S/C35H31F3N2O7.C10H9F3O2.C9H10O/c36-35(37,38)16-1-17-45-29-11-5-24(6-12-29)34(43)47-30-9-2-23(3-10-30)4-15-33(42)46-21-26-19-28(40)8-14-32(26)31-13-7-27(39)18-25(31)20-44-22-41;11-10(12,13)5-6-15-9-3-1-8(7-14)2-4-9;1-2-3-8-4-6-9(10)7-5-8/h2-15,18-19,22H,1,16-17,20-21,39-40H2;1-4,7H,5-6H2;2-7,10H,1H3/b15-4+;;3-2+. The van der Waals surface area contributed by atoms with E-state index in [9.17, 15) is 45.5 Å². The van der Waals surface area contributed by atoms with E-state index in [4.69, 9.17) is 40.3 Å². The summed E-state index contributed by atoms with van der Waals surface area (Å²) in [4.78, 5) is 46.1. The van der Waals surface area contributed by atoms with Crippen LogP contribution in [0, 0.1) is 0 Å². The lowest BCUT2D eigenvalue weighted by Gasteiger charge is -2.15. The Morgan fingerprint density at radius 3 is 1.64 bits per heavy atom. The van der Waals surface area contributed by atoms with Gasteiger partial charge in [-0.25, -0.2) is 9.59 Å². The van der Waals surface area contributed by atoms with Crippen LogP contribution in [0.4, 0.5) is 37.7 Å². The van der Waals surface area contributed by atoms with E-state index < -0.39 is 43.7 Å². The molecule has 0 amide bonds. The maximum atomic E-state index is 12.5. The Morgan fingerprint density at radius 2 is 1.10 bits per heavy atom. The van der Waals surface area contributed by atoms with Crippen molar-refractivity contribution < 1.29 is 74.3 Å². The molecule has 0 heterocycles. The van der Waals surface area contributed by atoms with Gasteiger partial charge in [0.1, 0.15) is 42.5 Å². The lowest BCUT2D eigenvalue weighted by Crippen LogP contribution is -2.12. The maximum Gasteiger partial charge on any atom is 0.392 e. The largest absolute Gasteiger partial charge is 0.508 e. The van der Waals surface area contributed by atoms with E-state index in [2.05, 4.69) is 0 Å². The molecular weight excluding hydrogens is 951 g/mol. The highest BCUT2D eigenvalue weighted by atomic mass is 19.4. The normalized spacial score (nSPS) is 11.1. The molecule has 18 heteroatoms. The number of rotatable bonds is 19. The number of alkyl halides is 6. The predicted molar refractivity (Wildman–Crippen MR) is 260 cm³/mol. The van der Waals surface area contributed by atoms with Gasteiger partial charge in [-0.15, -0.1) is 0 Å². The number of aromatic hydroxyl groups is 1. The Hall–Kier alpha value is -8.54. The topological polar surface area (TPSA) is 187 Å². The Kier molecular flexibility index (Phi) is 22.0. The van der Waals surface area contributed by atoms with E-state index in [0.29, 0.717) is 63.6 Å². The molecule has 6 rings (SSSR count). The molecule has 0 spiro atoms. The van der Waals surface area contributed by atoms with Gasteiger partial charge in [0.2, 0.25) is 0 Å². The zero-order valence-corrected chi connectivity index (χ0v) is 38.7. The van der Waals surface area contributed by atoms with Gasteiger partial charge in [0.25, 0.3) is 6.47 Å². The highest BCUT2D eigenvalue weighted by Crippen LogP contribution is 2.32. The SMILES string of the molecule is C/C=C/c1ccc(O)cc1.Nc1ccc(-c2ccc(N)cc2COC(=O)/C=C/c2ccc(OC(=O)c3ccc(OCCCC(F)(F)F)cc3)cc2)c(COC=O)c1.O=Cc1ccc(OCCC(F)(F)F)cc1. The quantitative estimate of drug-likeness (QED) is 0.0133. The third-order valence-corrected chi connectivity index (χ3v) is 9.61. The molecule has 0 aromatic heterocycles. The van der Waals surface area contributed by atoms with Gasteiger partial charge >= 0.3 is 24.3 Å². The molecule has 0 saturated heterocycles. The molecule has 0 atom stereocenters. The zero-order valence-electron chi connectivity index (χ0n) is 38.7. The van der Waals surface area contributed by atoms with Crippen LogP contribution in [0.5, 0.6) is 23.0 Å². The van der Waals surface area contributed by atoms with Crippen LogP contribution < -0.4 is 25.7 Å². The number of aldehydes is 1. The van der Waals surface area contributed by atoms with Crippen LogP contribution >= 0.6 is 0 Å². The second kappa shape index (κ2) is 28.2. The first kappa shape index (κ1) is 56.1. The van der Waals surface area contributed by atoms with Crippen LogP contribution in [0.1, 0.15) is 69.2 Å². The van der Waals surface area contributed by atoms with Crippen LogP contribution in [-0.2, 0) is 32.3 Å². The van der Waals surface area contributed by atoms with Crippen molar-refractivity contribution in [3.63, 3.8) is 0 Å². The highest BCUT2D eigenvalue weighted by molar-refractivity contribution is 5.91. The molecular formula is C54H50F6N2O10. The number of halogens is 6. The first-order valence-corrected chi connectivity index (χ1v) is 21.8.